The van der Waals surface area contributed by atoms with Crippen LogP contribution in [0.3, 0.4) is 0 Å². The minimum Gasteiger partial charge on any atom is -0.489 e. The van der Waals surface area contributed by atoms with E-state index in [1.807, 2.05) is 44.2 Å². The van der Waals surface area contributed by atoms with E-state index in [0.29, 0.717) is 30.2 Å². The zero-order valence-electron chi connectivity index (χ0n) is 19.8. The van der Waals surface area contributed by atoms with Gasteiger partial charge < -0.3 is 20.1 Å². The number of anilines is 4. The van der Waals surface area contributed by atoms with E-state index in [9.17, 15) is 9.18 Å². The molecule has 0 fully saturated rings. The Bertz CT molecular complexity index is 1320. The molecule has 9 nitrogen and oxygen atoms in total. The smallest absolute Gasteiger partial charge is 0.306 e. The molecule has 0 aliphatic heterocycles. The minimum atomic E-state index is -0.595. The molecule has 4 aromatic rings. The lowest BCUT2D eigenvalue weighted by Gasteiger charge is -2.15. The summed E-state index contributed by atoms with van der Waals surface area (Å²) in [5.74, 6) is 0.0307. The van der Waals surface area contributed by atoms with Gasteiger partial charge in [0.05, 0.1) is 42.2 Å². The first-order valence-corrected chi connectivity index (χ1v) is 11.4. The van der Waals surface area contributed by atoms with Crippen LogP contribution in [-0.2, 0) is 16.0 Å². The van der Waals surface area contributed by atoms with Gasteiger partial charge in [-0.05, 0) is 51.1 Å². The summed E-state index contributed by atoms with van der Waals surface area (Å²) in [4.78, 5) is 20.0. The topological polar surface area (TPSA) is 114 Å². The van der Waals surface area contributed by atoms with Crippen molar-refractivity contribution in [2.75, 3.05) is 17.2 Å². The number of fused-ring (bicyclic) bond motifs is 1. The summed E-state index contributed by atoms with van der Waals surface area (Å²) >= 11 is 0. The normalized spacial score (nSPS) is 11.0. The summed E-state index contributed by atoms with van der Waals surface area (Å²) in [6.45, 7) is 6.00. The van der Waals surface area contributed by atoms with Gasteiger partial charge in [0.2, 0.25) is 5.95 Å². The molecule has 2 aromatic heterocycles. The van der Waals surface area contributed by atoms with Crippen LogP contribution in [0, 0.1) is 5.82 Å². The van der Waals surface area contributed by atoms with Crippen LogP contribution in [0.4, 0.5) is 27.5 Å². The average Bonchev–Trinajstić information content (AvgIpc) is 3.23. The maximum absolute atomic E-state index is 14.5. The molecule has 0 bridgehead atoms. The van der Waals surface area contributed by atoms with E-state index >= 15 is 0 Å². The Kier molecular flexibility index (Phi) is 7.39. The standard InChI is InChI=1S/C25H27FN6O3/c1-4-34-23(33)12-11-19-17-10-9-16(13-21(17)32-31-19)28-24-18(26)14-27-25(30-24)29-20-7-5-6-8-22(20)35-15(2)3/h5-10,13-15H,4,11-12H2,1-3H3,(H,31,32)(H2,27,28,29,30). The van der Waals surface area contributed by atoms with Crippen LogP contribution in [-0.4, -0.2) is 38.8 Å². The van der Waals surface area contributed by atoms with Crippen LogP contribution >= 0.6 is 0 Å². The summed E-state index contributed by atoms with van der Waals surface area (Å²) in [5, 5.41) is 14.2. The molecule has 35 heavy (non-hydrogen) atoms. The van der Waals surface area contributed by atoms with Crippen molar-refractivity contribution in [3.05, 3.63) is 60.2 Å². The molecule has 0 amide bonds. The van der Waals surface area contributed by atoms with E-state index in [0.717, 1.165) is 22.8 Å². The van der Waals surface area contributed by atoms with Crippen molar-refractivity contribution in [3.8, 4) is 5.75 Å². The van der Waals surface area contributed by atoms with Crippen molar-refractivity contribution in [1.29, 1.82) is 0 Å². The summed E-state index contributed by atoms with van der Waals surface area (Å²) in [6, 6.07) is 12.9. The molecule has 0 unspecified atom stereocenters. The highest BCUT2D eigenvalue weighted by molar-refractivity contribution is 5.85. The van der Waals surface area contributed by atoms with Crippen molar-refractivity contribution in [3.63, 3.8) is 0 Å². The maximum atomic E-state index is 14.5. The number of aromatic nitrogens is 4. The number of hydrogen-bond acceptors (Lipinski definition) is 8. The number of aromatic amines is 1. The molecule has 0 saturated heterocycles. The summed E-state index contributed by atoms with van der Waals surface area (Å²) in [7, 11) is 0. The zero-order chi connectivity index (χ0) is 24.8. The first kappa shape index (κ1) is 23.9. The van der Waals surface area contributed by atoms with Gasteiger partial charge in [0.15, 0.2) is 11.6 Å². The van der Waals surface area contributed by atoms with Gasteiger partial charge >= 0.3 is 5.97 Å². The third-order valence-electron chi connectivity index (χ3n) is 5.02. The van der Waals surface area contributed by atoms with E-state index in [-0.39, 0.29) is 30.3 Å². The predicted octanol–water partition coefficient (Wildman–Crippen LogP) is 5.26. The van der Waals surface area contributed by atoms with E-state index in [1.54, 1.807) is 19.1 Å². The second-order valence-corrected chi connectivity index (χ2v) is 8.04. The second-order valence-electron chi connectivity index (χ2n) is 8.04. The van der Waals surface area contributed by atoms with Crippen LogP contribution in [0.5, 0.6) is 5.75 Å². The molecule has 10 heteroatoms. The van der Waals surface area contributed by atoms with Crippen LogP contribution in [0.1, 0.15) is 32.9 Å². The average molecular weight is 479 g/mol. The number of hydrogen-bond donors (Lipinski definition) is 3. The Morgan fingerprint density at radius 2 is 2.00 bits per heavy atom. The Labute approximate surface area is 202 Å². The summed E-state index contributed by atoms with van der Waals surface area (Å²) in [6.07, 6.45) is 1.81. The Balaban J connectivity index is 1.50. The molecule has 0 saturated carbocycles. The molecule has 3 N–H and O–H groups in total. The Morgan fingerprint density at radius 3 is 2.80 bits per heavy atom. The number of carbonyl (C=O) groups excluding carboxylic acids is 1. The van der Waals surface area contributed by atoms with E-state index in [4.69, 9.17) is 9.47 Å². The lowest BCUT2D eigenvalue weighted by atomic mass is 10.1. The Morgan fingerprint density at radius 1 is 1.17 bits per heavy atom. The molecule has 0 spiro atoms. The first-order chi connectivity index (χ1) is 16.9. The third-order valence-corrected chi connectivity index (χ3v) is 5.02. The van der Waals surface area contributed by atoms with Crippen molar-refractivity contribution in [2.45, 2.75) is 39.7 Å². The highest BCUT2D eigenvalue weighted by atomic mass is 19.1. The maximum Gasteiger partial charge on any atom is 0.306 e. The van der Waals surface area contributed by atoms with E-state index in [1.165, 1.54) is 0 Å². The van der Waals surface area contributed by atoms with E-state index < -0.39 is 5.82 Å². The first-order valence-electron chi connectivity index (χ1n) is 11.4. The van der Waals surface area contributed by atoms with Gasteiger partial charge in [0, 0.05) is 17.5 Å². The summed E-state index contributed by atoms with van der Waals surface area (Å²) < 4.78 is 25.3. The molecule has 4 rings (SSSR count). The quantitative estimate of drug-likeness (QED) is 0.264. The molecule has 0 aliphatic rings. The number of nitrogens with zero attached hydrogens (tertiary/aromatic N) is 3. The summed E-state index contributed by atoms with van der Waals surface area (Å²) in [5.41, 5.74) is 2.81. The molecule has 2 heterocycles. The van der Waals surface area contributed by atoms with Gasteiger partial charge in [-0.15, -0.1) is 0 Å². The largest absolute Gasteiger partial charge is 0.489 e. The van der Waals surface area contributed by atoms with Crippen LogP contribution in [0.25, 0.3) is 10.9 Å². The highest BCUT2D eigenvalue weighted by Crippen LogP contribution is 2.29. The number of H-pyrrole nitrogens is 1. The lowest BCUT2D eigenvalue weighted by Crippen LogP contribution is -2.08. The monoisotopic (exact) mass is 478 g/mol. The van der Waals surface area contributed by atoms with Gasteiger partial charge in [-0.1, -0.05) is 12.1 Å². The fraction of sp³-hybridized carbons (Fsp3) is 0.280. The van der Waals surface area contributed by atoms with Gasteiger partial charge in [-0.3, -0.25) is 9.89 Å². The van der Waals surface area contributed by atoms with Gasteiger partial charge in [0.1, 0.15) is 5.75 Å². The van der Waals surface area contributed by atoms with Gasteiger partial charge in [0.25, 0.3) is 0 Å². The number of para-hydroxylation sites is 2. The number of aryl methyl sites for hydroxylation is 1. The number of ether oxygens (including phenoxy) is 2. The van der Waals surface area contributed by atoms with Gasteiger partial charge in [-0.2, -0.15) is 10.1 Å². The van der Waals surface area contributed by atoms with E-state index in [2.05, 4.69) is 30.8 Å². The molecule has 0 aliphatic carbocycles. The minimum absolute atomic E-state index is 0.00705. The van der Waals surface area contributed by atoms with Crippen LogP contribution in [0.2, 0.25) is 0 Å². The van der Waals surface area contributed by atoms with Crippen LogP contribution < -0.4 is 15.4 Å². The fourth-order valence-corrected chi connectivity index (χ4v) is 3.50. The number of benzene rings is 2. The number of rotatable bonds is 10. The SMILES string of the molecule is CCOC(=O)CCc1n[nH]c2cc(Nc3nc(Nc4ccccc4OC(C)C)ncc3F)ccc12. The number of esters is 1. The van der Waals surface area contributed by atoms with Crippen molar-refractivity contribution < 1.29 is 18.7 Å². The highest BCUT2D eigenvalue weighted by Gasteiger charge is 2.13. The third kappa shape index (κ3) is 6.03. The molecule has 0 atom stereocenters. The van der Waals surface area contributed by atoms with Crippen molar-refractivity contribution in [2.24, 2.45) is 0 Å². The van der Waals surface area contributed by atoms with Crippen molar-refractivity contribution in [1.82, 2.24) is 20.2 Å². The Hall–Kier alpha value is -4.21. The van der Waals surface area contributed by atoms with Crippen molar-refractivity contribution >= 4 is 40.0 Å². The predicted molar refractivity (Wildman–Crippen MR) is 132 cm³/mol. The number of halogens is 1. The molecule has 2 aromatic carbocycles. The molecular formula is C25H27FN6O3. The number of nitrogens with one attached hydrogen (secondary N) is 3. The van der Waals surface area contributed by atoms with Gasteiger partial charge in [-0.25, -0.2) is 9.37 Å². The zero-order valence-corrected chi connectivity index (χ0v) is 19.8. The lowest BCUT2D eigenvalue weighted by molar-refractivity contribution is -0.143. The van der Waals surface area contributed by atoms with Crippen LogP contribution in [0.15, 0.2) is 48.7 Å². The fourth-order valence-electron chi connectivity index (χ4n) is 3.50. The molecule has 0 radical (unpaired) electrons. The molecular weight excluding hydrogens is 451 g/mol. The second kappa shape index (κ2) is 10.8. The number of carbonyl (C=O) groups is 1. The molecule has 182 valence electrons.